The molecule has 0 bridgehead atoms. The largest absolute Gasteiger partial charge is 0.383 e. The van der Waals surface area contributed by atoms with Gasteiger partial charge in [0, 0.05) is 30.4 Å². The first-order valence-electron chi connectivity index (χ1n) is 6.45. The summed E-state index contributed by atoms with van der Waals surface area (Å²) >= 11 is 1.73. The summed E-state index contributed by atoms with van der Waals surface area (Å²) in [5.74, 6) is 1.34. The molecule has 4 nitrogen and oxygen atoms in total. The number of carbonyl (C=O) groups is 1. The van der Waals surface area contributed by atoms with Gasteiger partial charge in [-0.05, 0) is 18.6 Å². The molecule has 0 saturated heterocycles. The fraction of sp³-hybridized carbons (Fsp3) is 0.333. The second-order valence-electron chi connectivity index (χ2n) is 4.82. The van der Waals surface area contributed by atoms with Crippen LogP contribution in [0.4, 0.5) is 5.82 Å². The second kappa shape index (κ2) is 6.13. The number of thioether (sulfide) groups is 1. The van der Waals surface area contributed by atoms with Crippen molar-refractivity contribution in [2.75, 3.05) is 24.8 Å². The number of nitrogens with two attached hydrogens (primary N) is 1. The number of aromatic nitrogens is 1. The summed E-state index contributed by atoms with van der Waals surface area (Å²) in [6, 6.07) is 7.78. The normalized spacial score (nSPS) is 12.3. The molecule has 2 rings (SSSR count). The number of nitrogen functional groups attached to an aromatic ring is 1. The Morgan fingerprint density at radius 2 is 2.05 bits per heavy atom. The van der Waals surface area contributed by atoms with Crippen LogP contribution < -0.4 is 5.73 Å². The van der Waals surface area contributed by atoms with Gasteiger partial charge in [0.15, 0.2) is 0 Å². The summed E-state index contributed by atoms with van der Waals surface area (Å²) in [6.45, 7) is 2.04. The molecule has 1 heterocycles. The Balaban J connectivity index is 2.43. The van der Waals surface area contributed by atoms with Crippen LogP contribution in [0.1, 0.15) is 17.3 Å². The van der Waals surface area contributed by atoms with E-state index in [1.165, 1.54) is 0 Å². The van der Waals surface area contributed by atoms with E-state index in [-0.39, 0.29) is 11.9 Å². The molecule has 1 aromatic heterocycles. The fourth-order valence-corrected chi connectivity index (χ4v) is 2.83. The fourth-order valence-electron chi connectivity index (χ4n) is 2.13. The van der Waals surface area contributed by atoms with Crippen molar-refractivity contribution in [3.05, 3.63) is 36.0 Å². The molecule has 0 aliphatic carbocycles. The maximum absolute atomic E-state index is 12.6. The third kappa shape index (κ3) is 2.72. The van der Waals surface area contributed by atoms with Crippen LogP contribution in [0.2, 0.25) is 0 Å². The van der Waals surface area contributed by atoms with Crippen molar-refractivity contribution in [3.63, 3.8) is 0 Å². The van der Waals surface area contributed by atoms with Crippen molar-refractivity contribution in [3.8, 4) is 0 Å². The Morgan fingerprint density at radius 1 is 1.40 bits per heavy atom. The number of carbonyl (C=O) groups excluding carboxylic acids is 1. The first kappa shape index (κ1) is 14.7. The van der Waals surface area contributed by atoms with Crippen LogP contribution in [0.3, 0.4) is 0 Å². The Hall–Kier alpha value is -1.75. The summed E-state index contributed by atoms with van der Waals surface area (Å²) in [4.78, 5) is 18.5. The van der Waals surface area contributed by atoms with Crippen molar-refractivity contribution >= 4 is 34.3 Å². The van der Waals surface area contributed by atoms with E-state index in [1.54, 1.807) is 22.9 Å². The van der Waals surface area contributed by atoms with Crippen LogP contribution in [0.25, 0.3) is 10.8 Å². The van der Waals surface area contributed by atoms with Gasteiger partial charge in [-0.25, -0.2) is 4.98 Å². The number of amides is 1. The predicted octanol–water partition coefficient (Wildman–Crippen LogP) is 2.64. The Morgan fingerprint density at radius 3 is 2.70 bits per heavy atom. The molecule has 1 unspecified atom stereocenters. The molecule has 5 heteroatoms. The zero-order chi connectivity index (χ0) is 14.7. The van der Waals surface area contributed by atoms with Gasteiger partial charge in [-0.2, -0.15) is 11.8 Å². The molecular formula is C15H19N3OS. The lowest BCUT2D eigenvalue weighted by molar-refractivity contribution is 0.0759. The smallest absolute Gasteiger partial charge is 0.256 e. The number of hydrogen-bond acceptors (Lipinski definition) is 4. The average Bonchev–Trinajstić information content (AvgIpc) is 2.47. The highest BCUT2D eigenvalue weighted by atomic mass is 32.2. The van der Waals surface area contributed by atoms with Gasteiger partial charge >= 0.3 is 0 Å². The number of rotatable bonds is 4. The van der Waals surface area contributed by atoms with E-state index < -0.39 is 0 Å². The van der Waals surface area contributed by atoms with Crippen LogP contribution in [-0.2, 0) is 0 Å². The van der Waals surface area contributed by atoms with Crippen LogP contribution in [-0.4, -0.2) is 40.9 Å². The molecule has 1 amide bonds. The molecule has 2 N–H and O–H groups in total. The minimum absolute atomic E-state index is 0.0183. The van der Waals surface area contributed by atoms with Gasteiger partial charge in [0.2, 0.25) is 0 Å². The van der Waals surface area contributed by atoms with E-state index in [0.29, 0.717) is 11.4 Å². The van der Waals surface area contributed by atoms with Crippen LogP contribution >= 0.6 is 11.8 Å². The minimum atomic E-state index is -0.0183. The van der Waals surface area contributed by atoms with Gasteiger partial charge in [-0.3, -0.25) is 4.79 Å². The Labute approximate surface area is 123 Å². The number of anilines is 1. The molecular weight excluding hydrogens is 270 g/mol. The highest BCUT2D eigenvalue weighted by molar-refractivity contribution is 7.98. The topological polar surface area (TPSA) is 59.2 Å². The molecule has 2 aromatic rings. The van der Waals surface area contributed by atoms with Gasteiger partial charge < -0.3 is 10.6 Å². The Bertz CT molecular complexity index is 630. The third-order valence-electron chi connectivity index (χ3n) is 3.45. The van der Waals surface area contributed by atoms with Gasteiger partial charge in [-0.15, -0.1) is 0 Å². The highest BCUT2D eigenvalue weighted by Crippen LogP contribution is 2.23. The van der Waals surface area contributed by atoms with E-state index >= 15 is 0 Å². The summed E-state index contributed by atoms with van der Waals surface area (Å²) in [5, 5.41) is 1.68. The summed E-state index contributed by atoms with van der Waals surface area (Å²) < 4.78 is 0. The monoisotopic (exact) mass is 289 g/mol. The standard InChI is InChI=1S/C15H19N3OS/c1-10(9-20-3)18(2)15(19)13-8-17-14(16)12-7-5-4-6-11(12)13/h4-8,10H,9H2,1-3H3,(H2,16,17). The number of hydrogen-bond donors (Lipinski definition) is 1. The average molecular weight is 289 g/mol. The zero-order valence-corrected chi connectivity index (χ0v) is 12.8. The molecule has 0 radical (unpaired) electrons. The lowest BCUT2D eigenvalue weighted by Crippen LogP contribution is -2.36. The minimum Gasteiger partial charge on any atom is -0.383 e. The van der Waals surface area contributed by atoms with Gasteiger partial charge in [0.25, 0.3) is 5.91 Å². The molecule has 106 valence electrons. The van der Waals surface area contributed by atoms with E-state index in [2.05, 4.69) is 4.98 Å². The maximum atomic E-state index is 12.6. The summed E-state index contributed by atoms with van der Waals surface area (Å²) in [7, 11) is 1.83. The van der Waals surface area contributed by atoms with Crippen molar-refractivity contribution in [2.24, 2.45) is 0 Å². The van der Waals surface area contributed by atoms with Crippen molar-refractivity contribution in [1.29, 1.82) is 0 Å². The number of fused-ring (bicyclic) bond motifs is 1. The van der Waals surface area contributed by atoms with Crippen LogP contribution in [0, 0.1) is 0 Å². The predicted molar refractivity (Wildman–Crippen MR) is 86.1 cm³/mol. The van der Waals surface area contributed by atoms with Gasteiger partial charge in [0.1, 0.15) is 5.82 Å². The van der Waals surface area contributed by atoms with Crippen molar-refractivity contribution < 1.29 is 4.79 Å². The molecule has 0 spiro atoms. The Kier molecular flexibility index (Phi) is 4.49. The lowest BCUT2D eigenvalue weighted by Gasteiger charge is -2.24. The molecule has 0 aliphatic heterocycles. The zero-order valence-electron chi connectivity index (χ0n) is 12.0. The first-order valence-corrected chi connectivity index (χ1v) is 7.85. The maximum Gasteiger partial charge on any atom is 0.256 e. The molecule has 1 aromatic carbocycles. The number of nitrogens with zero attached hydrogens (tertiary/aromatic N) is 2. The first-order chi connectivity index (χ1) is 9.56. The third-order valence-corrected chi connectivity index (χ3v) is 4.26. The lowest BCUT2D eigenvalue weighted by atomic mass is 10.1. The van der Waals surface area contributed by atoms with Crippen LogP contribution in [0.15, 0.2) is 30.5 Å². The van der Waals surface area contributed by atoms with E-state index in [4.69, 9.17) is 5.73 Å². The molecule has 0 fully saturated rings. The summed E-state index contributed by atoms with van der Waals surface area (Å²) in [6.07, 6.45) is 3.61. The number of pyridine rings is 1. The van der Waals surface area contributed by atoms with Crippen molar-refractivity contribution in [1.82, 2.24) is 9.88 Å². The van der Waals surface area contributed by atoms with E-state index in [9.17, 15) is 4.79 Å². The van der Waals surface area contributed by atoms with Crippen LogP contribution in [0.5, 0.6) is 0 Å². The molecule has 0 aliphatic rings. The second-order valence-corrected chi connectivity index (χ2v) is 5.73. The summed E-state index contributed by atoms with van der Waals surface area (Å²) in [5.41, 5.74) is 6.47. The highest BCUT2D eigenvalue weighted by Gasteiger charge is 2.20. The number of benzene rings is 1. The van der Waals surface area contributed by atoms with Crippen molar-refractivity contribution in [2.45, 2.75) is 13.0 Å². The molecule has 0 saturated carbocycles. The molecule has 1 atom stereocenters. The SMILES string of the molecule is CSCC(C)N(C)C(=O)c1cnc(N)c2ccccc12. The van der Waals surface area contributed by atoms with Gasteiger partial charge in [-0.1, -0.05) is 24.3 Å². The van der Waals surface area contributed by atoms with Gasteiger partial charge in [0.05, 0.1) is 5.56 Å². The van der Waals surface area contributed by atoms with E-state index in [1.807, 2.05) is 44.5 Å². The van der Waals surface area contributed by atoms with E-state index in [0.717, 1.165) is 16.5 Å². The quantitative estimate of drug-likeness (QED) is 0.940. The molecule has 20 heavy (non-hydrogen) atoms.